The van der Waals surface area contributed by atoms with Gasteiger partial charge in [0, 0.05) is 59.9 Å². The fraction of sp³-hybridized carbons (Fsp3) is 0.545. The molecule has 4 rings (SSSR count). The zero-order valence-electron chi connectivity index (χ0n) is 38.2. The summed E-state index contributed by atoms with van der Waals surface area (Å²) < 4.78 is 86.4. The van der Waals surface area contributed by atoms with Crippen molar-refractivity contribution in [3.63, 3.8) is 0 Å². The predicted octanol–water partition coefficient (Wildman–Crippen LogP) is 8.67. The molecule has 2 saturated carbocycles. The number of nitrogens with one attached hydrogen (secondary N) is 2. The number of esters is 1. The molecule has 2 unspecified atom stereocenters. The van der Waals surface area contributed by atoms with Crippen LogP contribution < -0.4 is 10.6 Å². The molecule has 3 N–H and O–H groups in total. The Morgan fingerprint density at radius 3 is 1.39 bits per heavy atom. The maximum Gasteiger partial charge on any atom is 0.471 e. The van der Waals surface area contributed by atoms with E-state index in [-0.39, 0.29) is 23.9 Å². The molecule has 0 aromatic heterocycles. The lowest BCUT2D eigenvalue weighted by molar-refractivity contribution is -0.181. The number of Topliss-reactive ketones (excluding diaryl/α,β-unsaturated/α-hetero) is 2. The maximum absolute atomic E-state index is 13.1. The number of carbonyl (C=O) groups is 8. The standard InChI is InChI=1S/C22H26ClF3N2O6.C18H23Cl2NO3.C4H4F3NO3/c1-13(2)18(33-17(30)12-27-19(31)22(24,25)26)34-20(32)28(3)21(11-7-6-10-16(21)29)14-8-4-5-9-15(14)23;1-12(2)16(20)24-17(23)21(3)18(11-7-6-10-15(18)22)13-8-4-5-9-14(13)19;5-4(6,7)3(11)8-1-2(9)10/h4-5,8-9,13,18H,6-7,10-12H2,1-3H3,(H,27,31);4-5,8-9,12,16H,6-7,10-11H2,1-3H3;1H2,(H,8,11)(H,9,10)/t18?,21-;16?,18-;/m00./s1. The van der Waals surface area contributed by atoms with Crippen molar-refractivity contribution in [2.45, 2.75) is 114 Å². The quantitative estimate of drug-likeness (QED) is 0.0744. The summed E-state index contributed by atoms with van der Waals surface area (Å²) in [7, 11) is 2.95. The Balaban J connectivity index is 0.000000403. The van der Waals surface area contributed by atoms with Crippen LogP contribution in [-0.2, 0) is 54.1 Å². The lowest BCUT2D eigenvalue weighted by Gasteiger charge is -2.43. The van der Waals surface area contributed by atoms with E-state index in [2.05, 4.69) is 0 Å². The molecule has 2 aromatic carbocycles. The molecule has 0 saturated heterocycles. The number of amides is 4. The number of aliphatic carboxylic acids is 1. The number of hydrogen-bond donors (Lipinski definition) is 3. The van der Waals surface area contributed by atoms with Crippen molar-refractivity contribution in [2.24, 2.45) is 11.8 Å². The molecule has 2 fully saturated rings. The Hall–Kier alpha value is -5.35. The zero-order chi connectivity index (χ0) is 52.7. The second-order valence-corrected chi connectivity index (χ2v) is 17.5. The first kappa shape index (κ1) is 59.8. The van der Waals surface area contributed by atoms with Gasteiger partial charge in [-0.1, -0.05) is 98.9 Å². The van der Waals surface area contributed by atoms with Gasteiger partial charge in [-0.3, -0.25) is 38.6 Å². The highest BCUT2D eigenvalue weighted by atomic mass is 35.5. The van der Waals surface area contributed by atoms with E-state index >= 15 is 0 Å². The summed E-state index contributed by atoms with van der Waals surface area (Å²) in [6.45, 7) is 4.72. The Kier molecular flexibility index (Phi) is 22.5. The molecule has 2 aliphatic rings. The van der Waals surface area contributed by atoms with Gasteiger partial charge in [0.1, 0.15) is 24.2 Å². The third-order valence-electron chi connectivity index (χ3n) is 10.7. The third-order valence-corrected chi connectivity index (χ3v) is 11.9. The van der Waals surface area contributed by atoms with E-state index in [9.17, 15) is 64.7 Å². The van der Waals surface area contributed by atoms with Gasteiger partial charge >= 0.3 is 48.3 Å². The highest BCUT2D eigenvalue weighted by molar-refractivity contribution is 6.32. The largest absolute Gasteiger partial charge is 0.480 e. The first-order valence-corrected chi connectivity index (χ1v) is 22.3. The molecular weight excluding hydrogens is 997 g/mol. The highest BCUT2D eigenvalue weighted by Crippen LogP contribution is 2.44. The second-order valence-electron chi connectivity index (χ2n) is 16.3. The number of carboxylic acids is 1. The smallest absolute Gasteiger partial charge is 0.471 e. The van der Waals surface area contributed by atoms with Gasteiger partial charge in [0.2, 0.25) is 0 Å². The number of benzene rings is 2. The van der Waals surface area contributed by atoms with Crippen LogP contribution in [0.1, 0.15) is 90.2 Å². The van der Waals surface area contributed by atoms with Crippen LogP contribution in [0.15, 0.2) is 48.5 Å². The SMILES string of the molecule is CC(C)C(Cl)OC(=O)N(C)[C@]1(c2ccccc2Cl)CCCCC1=O.CC(C)C(OC(=O)CNC(=O)C(F)(F)F)OC(=O)N(C)[C@]1(c2ccccc2Cl)CCCCC1=O.O=C(O)CNC(=O)C(F)(F)F. The van der Waals surface area contributed by atoms with Crippen LogP contribution in [0.4, 0.5) is 35.9 Å². The summed E-state index contributed by atoms with van der Waals surface area (Å²) in [4.78, 5) is 96.5. The van der Waals surface area contributed by atoms with E-state index in [0.717, 1.165) is 23.1 Å². The molecule has 0 aliphatic heterocycles. The van der Waals surface area contributed by atoms with Crippen LogP contribution in [0.2, 0.25) is 10.0 Å². The Morgan fingerprint density at radius 1 is 0.652 bits per heavy atom. The third kappa shape index (κ3) is 16.4. The number of halogens is 9. The van der Waals surface area contributed by atoms with Crippen molar-refractivity contribution in [3.05, 3.63) is 69.7 Å². The normalized spacial score (nSPS) is 19.0. The minimum atomic E-state index is -5.16. The molecule has 384 valence electrons. The minimum Gasteiger partial charge on any atom is -0.480 e. The van der Waals surface area contributed by atoms with Crippen LogP contribution in [0.5, 0.6) is 0 Å². The number of carboxylic acid groups (broad SMARTS) is 1. The number of ketones is 2. The van der Waals surface area contributed by atoms with Crippen molar-refractivity contribution >= 4 is 82.3 Å². The van der Waals surface area contributed by atoms with Gasteiger partial charge in [0.05, 0.1) is 0 Å². The molecule has 2 aromatic rings. The van der Waals surface area contributed by atoms with Gasteiger partial charge in [-0.2, -0.15) is 26.3 Å². The number of ether oxygens (including phenoxy) is 3. The van der Waals surface area contributed by atoms with Crippen molar-refractivity contribution in [1.82, 2.24) is 20.4 Å². The maximum atomic E-state index is 13.1. The van der Waals surface area contributed by atoms with E-state index in [4.69, 9.17) is 54.1 Å². The minimum absolute atomic E-state index is 0.0167. The molecule has 16 nitrogen and oxygen atoms in total. The van der Waals surface area contributed by atoms with Crippen LogP contribution >= 0.6 is 34.8 Å². The predicted molar refractivity (Wildman–Crippen MR) is 237 cm³/mol. The van der Waals surface area contributed by atoms with Crippen LogP contribution in [-0.4, -0.2) is 114 Å². The second kappa shape index (κ2) is 26.0. The van der Waals surface area contributed by atoms with E-state index in [0.29, 0.717) is 53.3 Å². The lowest BCUT2D eigenvalue weighted by atomic mass is 9.74. The molecule has 25 heteroatoms. The van der Waals surface area contributed by atoms with Crippen molar-refractivity contribution < 1.29 is 84.0 Å². The Bertz CT molecular complexity index is 2170. The molecule has 0 bridgehead atoms. The van der Waals surface area contributed by atoms with Crippen molar-refractivity contribution in [2.75, 3.05) is 27.2 Å². The number of carbonyl (C=O) groups excluding carboxylic acids is 7. The number of rotatable bonds is 13. The van der Waals surface area contributed by atoms with Gasteiger partial charge in [0.25, 0.3) is 6.29 Å². The average molecular weight is 1050 g/mol. The van der Waals surface area contributed by atoms with E-state index in [1.807, 2.05) is 19.9 Å². The lowest BCUT2D eigenvalue weighted by Crippen LogP contribution is -2.55. The number of likely N-dealkylation sites (N-methyl/N-ethyl adjacent to an activating group) is 2. The molecular formula is C44H53Cl3F6N4O12. The van der Waals surface area contributed by atoms with Gasteiger partial charge in [-0.25, -0.2) is 9.59 Å². The molecule has 69 heavy (non-hydrogen) atoms. The first-order chi connectivity index (χ1) is 31.9. The molecule has 0 heterocycles. The monoisotopic (exact) mass is 1050 g/mol. The number of hydrogen-bond acceptors (Lipinski definition) is 11. The summed E-state index contributed by atoms with van der Waals surface area (Å²) in [5.41, 5.74) is -2.15. The topological polar surface area (TPSA) is 215 Å². The van der Waals surface area contributed by atoms with Crippen LogP contribution in [0.25, 0.3) is 0 Å². The average Bonchev–Trinajstić information content (AvgIpc) is 3.27. The first-order valence-electron chi connectivity index (χ1n) is 21.2. The molecule has 0 radical (unpaired) electrons. The van der Waals surface area contributed by atoms with E-state index in [1.165, 1.54) is 17.3 Å². The highest BCUT2D eigenvalue weighted by Gasteiger charge is 2.50. The number of nitrogens with zero attached hydrogens (tertiary/aromatic N) is 2. The Labute approximate surface area is 408 Å². The summed E-state index contributed by atoms with van der Waals surface area (Å²) in [5, 5.41) is 11.2. The molecule has 2 aliphatic carbocycles. The van der Waals surface area contributed by atoms with Gasteiger partial charge < -0.3 is 30.0 Å². The van der Waals surface area contributed by atoms with Gasteiger partial charge in [-0.15, -0.1) is 0 Å². The fourth-order valence-corrected chi connectivity index (χ4v) is 7.70. The zero-order valence-corrected chi connectivity index (χ0v) is 40.5. The van der Waals surface area contributed by atoms with Gasteiger partial charge in [0.15, 0.2) is 17.1 Å². The summed E-state index contributed by atoms with van der Waals surface area (Å²) in [6.07, 6.45) is -8.83. The van der Waals surface area contributed by atoms with E-state index < -0.39 is 90.2 Å². The molecule has 4 atom stereocenters. The van der Waals surface area contributed by atoms with Crippen molar-refractivity contribution in [1.29, 1.82) is 0 Å². The summed E-state index contributed by atoms with van der Waals surface area (Å²) >= 11 is 18.8. The van der Waals surface area contributed by atoms with Gasteiger partial charge in [-0.05, 0) is 50.7 Å². The number of alkyl halides is 7. The Morgan fingerprint density at radius 2 is 1.04 bits per heavy atom. The molecule has 0 spiro atoms. The van der Waals surface area contributed by atoms with Crippen molar-refractivity contribution in [3.8, 4) is 0 Å². The van der Waals surface area contributed by atoms with E-state index in [1.54, 1.807) is 63.4 Å². The summed E-state index contributed by atoms with van der Waals surface area (Å²) in [5.74, 6) is -8.17. The summed E-state index contributed by atoms with van der Waals surface area (Å²) in [6, 6.07) is 13.8. The van der Waals surface area contributed by atoms with Crippen LogP contribution in [0, 0.1) is 11.8 Å². The fourth-order valence-electron chi connectivity index (χ4n) is 7.04. The molecule has 4 amide bonds. The van der Waals surface area contributed by atoms with Crippen LogP contribution in [0.3, 0.4) is 0 Å².